The Morgan fingerprint density at radius 2 is 1.65 bits per heavy atom. The lowest BCUT2D eigenvalue weighted by molar-refractivity contribution is -0.258. The van der Waals surface area contributed by atoms with Crippen molar-refractivity contribution in [1.82, 2.24) is 4.31 Å². The minimum absolute atomic E-state index is 0.168. The van der Waals surface area contributed by atoms with Crippen LogP contribution in [-0.4, -0.2) is 49.7 Å². The number of sulfonamides is 1. The highest BCUT2D eigenvalue weighted by Crippen LogP contribution is 2.40. The van der Waals surface area contributed by atoms with Crippen LogP contribution in [0.3, 0.4) is 0 Å². The molecule has 1 N–H and O–H groups in total. The molecule has 2 atom stereocenters. The van der Waals surface area contributed by atoms with E-state index < -0.39 is 55.9 Å². The minimum atomic E-state index is -5.06. The van der Waals surface area contributed by atoms with Gasteiger partial charge in [-0.05, 0) is 49.7 Å². The second-order valence-electron chi connectivity index (χ2n) is 8.17. The van der Waals surface area contributed by atoms with Crippen LogP contribution in [-0.2, 0) is 21.8 Å². The number of hydrogen-bond acceptors (Lipinski definition) is 4. The van der Waals surface area contributed by atoms with Gasteiger partial charge in [-0.25, -0.2) is 12.8 Å². The zero-order valence-corrected chi connectivity index (χ0v) is 18.8. The number of alkyl halides is 6. The molecular weight excluding hydrogens is 493 g/mol. The quantitative estimate of drug-likeness (QED) is 0.610. The van der Waals surface area contributed by atoms with Crippen molar-refractivity contribution in [2.75, 3.05) is 24.5 Å². The predicted octanol–water partition coefficient (Wildman–Crippen LogP) is 4.51. The van der Waals surface area contributed by atoms with Gasteiger partial charge >= 0.3 is 12.4 Å². The lowest BCUT2D eigenvalue weighted by Crippen LogP contribution is -2.54. The van der Waals surface area contributed by atoms with E-state index in [0.29, 0.717) is 13.0 Å². The van der Waals surface area contributed by atoms with E-state index in [1.807, 2.05) is 0 Å². The van der Waals surface area contributed by atoms with Crippen LogP contribution in [0.5, 0.6) is 0 Å². The van der Waals surface area contributed by atoms with E-state index in [2.05, 4.69) is 0 Å². The standard InChI is InChI=1S/C21H21F7N2O3S/c1-13-12-29(18-7-6-15(22)11-17(18)20(23,24)25)8-9-30(13)34(32,33)16-5-3-4-14(10-16)19(2,31)21(26,27)28/h3-7,10-11,13,31H,8-9,12H2,1-2H3. The normalized spacial score (nSPS) is 20.3. The Labute approximate surface area is 191 Å². The van der Waals surface area contributed by atoms with Gasteiger partial charge in [-0.2, -0.15) is 30.6 Å². The van der Waals surface area contributed by atoms with Crippen LogP contribution in [0.4, 0.5) is 36.4 Å². The highest BCUT2D eigenvalue weighted by Gasteiger charge is 2.51. The number of nitrogens with zero attached hydrogens (tertiary/aromatic N) is 2. The Morgan fingerprint density at radius 1 is 1.00 bits per heavy atom. The molecule has 188 valence electrons. The molecule has 34 heavy (non-hydrogen) atoms. The van der Waals surface area contributed by atoms with Gasteiger partial charge in [0.2, 0.25) is 10.0 Å². The number of benzene rings is 2. The summed E-state index contributed by atoms with van der Waals surface area (Å²) in [4.78, 5) is 0.789. The second kappa shape index (κ2) is 8.68. The third-order valence-electron chi connectivity index (χ3n) is 5.73. The Hall–Kier alpha value is -2.38. The van der Waals surface area contributed by atoms with Crippen molar-refractivity contribution in [3.05, 3.63) is 59.4 Å². The highest BCUT2D eigenvalue weighted by atomic mass is 32.2. The predicted molar refractivity (Wildman–Crippen MR) is 109 cm³/mol. The van der Waals surface area contributed by atoms with Gasteiger partial charge in [0.15, 0.2) is 5.60 Å². The van der Waals surface area contributed by atoms with Crippen LogP contribution in [0.1, 0.15) is 25.0 Å². The van der Waals surface area contributed by atoms with Crippen LogP contribution in [0.15, 0.2) is 47.4 Å². The molecule has 13 heteroatoms. The van der Waals surface area contributed by atoms with Crippen molar-refractivity contribution in [2.24, 2.45) is 0 Å². The molecule has 0 bridgehead atoms. The summed E-state index contributed by atoms with van der Waals surface area (Å²) in [7, 11) is -4.34. The van der Waals surface area contributed by atoms with Crippen LogP contribution in [0.2, 0.25) is 0 Å². The summed E-state index contributed by atoms with van der Waals surface area (Å²) in [5.41, 5.74) is -5.47. The van der Waals surface area contributed by atoms with Gasteiger partial charge in [0.25, 0.3) is 0 Å². The summed E-state index contributed by atoms with van der Waals surface area (Å²) >= 11 is 0. The minimum Gasteiger partial charge on any atom is -0.376 e. The molecule has 0 amide bonds. The van der Waals surface area contributed by atoms with Crippen molar-refractivity contribution in [3.63, 3.8) is 0 Å². The molecule has 0 saturated carbocycles. The Bertz CT molecular complexity index is 1160. The first-order valence-corrected chi connectivity index (χ1v) is 11.4. The summed E-state index contributed by atoms with van der Waals surface area (Å²) in [6, 6.07) is 5.15. The molecular formula is C21H21F7N2O3S. The van der Waals surface area contributed by atoms with Gasteiger partial charge in [-0.3, -0.25) is 0 Å². The highest BCUT2D eigenvalue weighted by molar-refractivity contribution is 7.89. The molecule has 1 fully saturated rings. The lowest BCUT2D eigenvalue weighted by atomic mass is 9.96. The number of halogens is 7. The van der Waals surface area contributed by atoms with Gasteiger partial charge in [-0.1, -0.05) is 12.1 Å². The van der Waals surface area contributed by atoms with Gasteiger partial charge in [0, 0.05) is 31.4 Å². The second-order valence-corrected chi connectivity index (χ2v) is 10.1. The van der Waals surface area contributed by atoms with Gasteiger partial charge in [-0.15, -0.1) is 0 Å². The van der Waals surface area contributed by atoms with Crippen molar-refractivity contribution in [2.45, 2.75) is 42.7 Å². The maximum Gasteiger partial charge on any atom is 0.421 e. The lowest BCUT2D eigenvalue weighted by Gasteiger charge is -2.41. The Balaban J connectivity index is 1.89. The summed E-state index contributed by atoms with van der Waals surface area (Å²) in [5, 5.41) is 9.89. The summed E-state index contributed by atoms with van der Waals surface area (Å²) in [6.45, 7) is 1.33. The maximum atomic E-state index is 13.4. The molecule has 1 heterocycles. The summed E-state index contributed by atoms with van der Waals surface area (Å²) < 4.78 is 120. The largest absolute Gasteiger partial charge is 0.421 e. The molecule has 1 saturated heterocycles. The third-order valence-corrected chi connectivity index (χ3v) is 7.74. The van der Waals surface area contributed by atoms with Crippen molar-refractivity contribution >= 4 is 15.7 Å². The number of hydrogen-bond donors (Lipinski definition) is 1. The Morgan fingerprint density at radius 3 is 2.21 bits per heavy atom. The topological polar surface area (TPSA) is 60.9 Å². The fraction of sp³-hybridized carbons (Fsp3) is 0.429. The molecule has 0 radical (unpaired) electrons. The Kier molecular flexibility index (Phi) is 6.70. The van der Waals surface area contributed by atoms with E-state index in [1.54, 1.807) is 0 Å². The van der Waals surface area contributed by atoms with E-state index in [-0.39, 0.29) is 25.3 Å². The van der Waals surface area contributed by atoms with E-state index in [1.165, 1.54) is 11.8 Å². The van der Waals surface area contributed by atoms with Crippen molar-refractivity contribution in [3.8, 4) is 0 Å². The van der Waals surface area contributed by atoms with E-state index >= 15 is 0 Å². The maximum absolute atomic E-state index is 13.4. The molecule has 2 unspecified atom stereocenters. The fourth-order valence-corrected chi connectivity index (χ4v) is 5.45. The van der Waals surface area contributed by atoms with Gasteiger partial charge in [0.05, 0.1) is 10.5 Å². The fourth-order valence-electron chi connectivity index (χ4n) is 3.79. The first-order chi connectivity index (χ1) is 15.5. The zero-order valence-electron chi connectivity index (χ0n) is 18.0. The van der Waals surface area contributed by atoms with E-state index in [9.17, 15) is 44.3 Å². The van der Waals surface area contributed by atoms with Crippen LogP contribution in [0, 0.1) is 5.82 Å². The molecule has 5 nitrogen and oxygen atoms in total. The van der Waals surface area contributed by atoms with E-state index in [0.717, 1.165) is 40.7 Å². The first-order valence-electron chi connectivity index (χ1n) is 9.99. The van der Waals surface area contributed by atoms with Crippen LogP contribution < -0.4 is 4.90 Å². The molecule has 2 aromatic carbocycles. The van der Waals surface area contributed by atoms with E-state index in [4.69, 9.17) is 0 Å². The SMILES string of the molecule is CC1CN(c2ccc(F)cc2C(F)(F)F)CCN1S(=O)(=O)c1cccc(C(C)(O)C(F)(F)F)c1. The molecule has 1 aliphatic rings. The molecule has 0 aliphatic carbocycles. The number of rotatable bonds is 4. The number of aliphatic hydroxyl groups is 1. The number of piperazine rings is 1. The number of anilines is 1. The van der Waals surface area contributed by atoms with Gasteiger partial charge in [0.1, 0.15) is 5.82 Å². The average molecular weight is 514 g/mol. The third kappa shape index (κ3) is 4.86. The smallest absolute Gasteiger partial charge is 0.376 e. The van der Waals surface area contributed by atoms with Crippen LogP contribution in [0.25, 0.3) is 0 Å². The molecule has 0 spiro atoms. The average Bonchev–Trinajstić information content (AvgIpc) is 2.72. The summed E-state index contributed by atoms with van der Waals surface area (Å²) in [5.74, 6) is -1.07. The zero-order chi connectivity index (χ0) is 25.7. The summed E-state index contributed by atoms with van der Waals surface area (Å²) in [6.07, 6.45) is -9.89. The first kappa shape index (κ1) is 26.2. The molecule has 0 aromatic heterocycles. The van der Waals surface area contributed by atoms with Crippen LogP contribution >= 0.6 is 0 Å². The monoisotopic (exact) mass is 514 g/mol. The van der Waals surface area contributed by atoms with Gasteiger partial charge < -0.3 is 10.0 Å². The molecule has 2 aromatic rings. The molecule has 1 aliphatic heterocycles. The van der Waals surface area contributed by atoms with Crippen molar-refractivity contribution < 1.29 is 44.3 Å². The van der Waals surface area contributed by atoms with Crippen molar-refractivity contribution in [1.29, 1.82) is 0 Å². The molecule has 3 rings (SSSR count).